The molecule has 0 bridgehead atoms. The highest BCUT2D eigenvalue weighted by molar-refractivity contribution is 7.80. The number of hydrogen-bond acceptors (Lipinski definition) is 6. The molecule has 0 aliphatic carbocycles. The van der Waals surface area contributed by atoms with Crippen LogP contribution in [0, 0.1) is 5.92 Å². The minimum Gasteiger partial charge on any atom is -0.480 e. The van der Waals surface area contributed by atoms with E-state index in [0.29, 0.717) is 6.42 Å². The molecule has 0 saturated carbocycles. The van der Waals surface area contributed by atoms with E-state index < -0.39 is 42.3 Å². The summed E-state index contributed by atoms with van der Waals surface area (Å²) in [5.74, 6) is -2.93. The first-order chi connectivity index (χ1) is 10.7. The van der Waals surface area contributed by atoms with Gasteiger partial charge in [-0.05, 0) is 5.92 Å². The van der Waals surface area contributed by atoms with E-state index in [1.165, 1.54) is 0 Å². The summed E-state index contributed by atoms with van der Waals surface area (Å²) >= 11 is 3.87. The highest BCUT2D eigenvalue weighted by Crippen LogP contribution is 2.07. The number of nitrogens with one attached hydrogen (secondary N) is 3. The van der Waals surface area contributed by atoms with Gasteiger partial charge in [-0.25, -0.2) is 0 Å². The number of carboxylic acids is 1. The highest BCUT2D eigenvalue weighted by Gasteiger charge is 2.26. The standard InChI is InChI=1S/C13H24N4O5S/c1-3-7(2)11(13(22)16-5-10(19)20)17-9(18)4-15-12(21)8(14)6-23/h7-8,11,23H,3-6,14H2,1-2H3,(H,15,21)(H,16,22)(H,17,18)(H,19,20). The second-order valence-corrected chi connectivity index (χ2v) is 5.41. The maximum Gasteiger partial charge on any atom is 0.322 e. The summed E-state index contributed by atoms with van der Waals surface area (Å²) in [4.78, 5) is 45.8. The summed E-state index contributed by atoms with van der Waals surface area (Å²) < 4.78 is 0. The third-order valence-electron chi connectivity index (χ3n) is 3.18. The molecule has 10 heteroatoms. The van der Waals surface area contributed by atoms with Gasteiger partial charge in [0.05, 0.1) is 12.6 Å². The molecule has 23 heavy (non-hydrogen) atoms. The van der Waals surface area contributed by atoms with Crippen LogP contribution in [-0.4, -0.2) is 59.7 Å². The highest BCUT2D eigenvalue weighted by atomic mass is 32.1. The summed E-state index contributed by atoms with van der Waals surface area (Å²) in [6, 6.07) is -1.71. The van der Waals surface area contributed by atoms with Gasteiger partial charge in [-0.1, -0.05) is 20.3 Å². The molecule has 3 unspecified atom stereocenters. The number of hydrogen-bond donors (Lipinski definition) is 6. The first-order valence-corrected chi connectivity index (χ1v) is 7.79. The van der Waals surface area contributed by atoms with Crippen LogP contribution < -0.4 is 21.7 Å². The minimum absolute atomic E-state index is 0.139. The van der Waals surface area contributed by atoms with Crippen molar-refractivity contribution in [3.63, 3.8) is 0 Å². The molecule has 6 N–H and O–H groups in total. The molecule has 0 aliphatic rings. The van der Waals surface area contributed by atoms with Gasteiger partial charge in [-0.2, -0.15) is 12.6 Å². The number of thiol groups is 1. The van der Waals surface area contributed by atoms with Gasteiger partial charge in [0.1, 0.15) is 12.6 Å². The van der Waals surface area contributed by atoms with Gasteiger partial charge >= 0.3 is 5.97 Å². The predicted molar refractivity (Wildman–Crippen MR) is 86.9 cm³/mol. The van der Waals surface area contributed by atoms with Crippen LogP contribution in [0.15, 0.2) is 0 Å². The van der Waals surface area contributed by atoms with Gasteiger partial charge < -0.3 is 26.8 Å². The molecule has 0 fully saturated rings. The van der Waals surface area contributed by atoms with Crippen molar-refractivity contribution in [2.24, 2.45) is 11.7 Å². The van der Waals surface area contributed by atoms with Crippen LogP contribution in [-0.2, 0) is 19.2 Å². The second-order valence-electron chi connectivity index (χ2n) is 5.05. The fraction of sp³-hybridized carbons (Fsp3) is 0.692. The Labute approximate surface area is 140 Å². The van der Waals surface area contributed by atoms with Crippen molar-refractivity contribution >= 4 is 36.3 Å². The molecule has 0 aliphatic heterocycles. The zero-order chi connectivity index (χ0) is 18.0. The van der Waals surface area contributed by atoms with Crippen molar-refractivity contribution in [1.82, 2.24) is 16.0 Å². The van der Waals surface area contributed by atoms with Gasteiger partial charge in [0.25, 0.3) is 0 Å². The van der Waals surface area contributed by atoms with Gasteiger partial charge in [-0.15, -0.1) is 0 Å². The number of carbonyl (C=O) groups excluding carboxylic acids is 3. The van der Waals surface area contributed by atoms with Crippen molar-refractivity contribution in [3.8, 4) is 0 Å². The van der Waals surface area contributed by atoms with Crippen molar-refractivity contribution in [1.29, 1.82) is 0 Å². The summed E-state index contributed by atoms with van der Waals surface area (Å²) in [6.07, 6.45) is 0.600. The number of carbonyl (C=O) groups is 4. The summed E-state index contributed by atoms with van der Waals surface area (Å²) in [6.45, 7) is 2.72. The monoisotopic (exact) mass is 348 g/mol. The van der Waals surface area contributed by atoms with E-state index in [9.17, 15) is 19.2 Å². The van der Waals surface area contributed by atoms with Crippen LogP contribution in [0.1, 0.15) is 20.3 Å². The number of amides is 3. The average Bonchev–Trinajstić information content (AvgIpc) is 2.53. The van der Waals surface area contributed by atoms with E-state index in [2.05, 4.69) is 28.6 Å². The summed E-state index contributed by atoms with van der Waals surface area (Å²) in [7, 11) is 0. The van der Waals surface area contributed by atoms with E-state index in [4.69, 9.17) is 10.8 Å². The predicted octanol–water partition coefficient (Wildman–Crippen LogP) is -1.91. The van der Waals surface area contributed by atoms with Gasteiger partial charge in [0.2, 0.25) is 17.7 Å². The lowest BCUT2D eigenvalue weighted by atomic mass is 9.98. The van der Waals surface area contributed by atoms with Crippen LogP contribution >= 0.6 is 12.6 Å². The second kappa shape index (κ2) is 10.8. The van der Waals surface area contributed by atoms with Gasteiger partial charge in [0, 0.05) is 5.75 Å². The van der Waals surface area contributed by atoms with Gasteiger partial charge in [0.15, 0.2) is 0 Å². The topological polar surface area (TPSA) is 151 Å². The maximum absolute atomic E-state index is 12.0. The Hall–Kier alpha value is -1.81. The first kappa shape index (κ1) is 21.2. The molecule has 0 heterocycles. The largest absolute Gasteiger partial charge is 0.480 e. The third-order valence-corrected chi connectivity index (χ3v) is 3.58. The molecule has 0 rings (SSSR count). The Morgan fingerprint density at radius 2 is 1.70 bits per heavy atom. The molecule has 9 nitrogen and oxygen atoms in total. The Morgan fingerprint density at radius 3 is 2.17 bits per heavy atom. The minimum atomic E-state index is -1.18. The van der Waals surface area contributed by atoms with Crippen LogP contribution in [0.2, 0.25) is 0 Å². The molecule has 0 saturated heterocycles. The SMILES string of the molecule is CCC(C)C(NC(=O)CNC(=O)C(N)CS)C(=O)NCC(=O)O. The third kappa shape index (κ3) is 8.41. The van der Waals surface area contributed by atoms with Crippen LogP contribution in [0.25, 0.3) is 0 Å². The molecule has 0 aromatic carbocycles. The van der Waals surface area contributed by atoms with Gasteiger partial charge in [-0.3, -0.25) is 19.2 Å². The lowest BCUT2D eigenvalue weighted by molar-refractivity contribution is -0.138. The van der Waals surface area contributed by atoms with E-state index >= 15 is 0 Å². The molecule has 0 radical (unpaired) electrons. The molecule has 3 amide bonds. The molecular formula is C13H24N4O5S. The first-order valence-electron chi connectivity index (χ1n) is 7.15. The number of aliphatic carboxylic acids is 1. The smallest absolute Gasteiger partial charge is 0.322 e. The fourth-order valence-electron chi connectivity index (χ4n) is 1.58. The molecule has 0 aromatic heterocycles. The van der Waals surface area contributed by atoms with E-state index in [0.717, 1.165) is 0 Å². The Kier molecular flexibility index (Phi) is 9.99. The normalized spacial score (nSPS) is 14.3. The van der Waals surface area contributed by atoms with E-state index in [1.54, 1.807) is 6.92 Å². The Balaban J connectivity index is 4.58. The molecule has 3 atom stereocenters. The Bertz CT molecular complexity index is 446. The van der Waals surface area contributed by atoms with Crippen molar-refractivity contribution < 1.29 is 24.3 Å². The summed E-state index contributed by atoms with van der Waals surface area (Å²) in [5.41, 5.74) is 5.45. The van der Waals surface area contributed by atoms with Crippen molar-refractivity contribution in [2.45, 2.75) is 32.4 Å². The van der Waals surface area contributed by atoms with Crippen LogP contribution in [0.3, 0.4) is 0 Å². The zero-order valence-electron chi connectivity index (χ0n) is 13.2. The Morgan fingerprint density at radius 1 is 1.13 bits per heavy atom. The van der Waals surface area contributed by atoms with Crippen LogP contribution in [0.5, 0.6) is 0 Å². The fourth-order valence-corrected chi connectivity index (χ4v) is 1.75. The molecular weight excluding hydrogens is 324 g/mol. The molecule has 132 valence electrons. The van der Waals surface area contributed by atoms with E-state index in [1.807, 2.05) is 6.92 Å². The molecule has 0 spiro atoms. The van der Waals surface area contributed by atoms with Crippen molar-refractivity contribution in [3.05, 3.63) is 0 Å². The zero-order valence-corrected chi connectivity index (χ0v) is 14.1. The quantitative estimate of drug-likeness (QED) is 0.254. The van der Waals surface area contributed by atoms with Crippen LogP contribution in [0.4, 0.5) is 0 Å². The number of rotatable bonds is 10. The average molecular weight is 348 g/mol. The maximum atomic E-state index is 12.0. The number of carboxylic acid groups (broad SMARTS) is 1. The molecule has 0 aromatic rings. The van der Waals surface area contributed by atoms with E-state index in [-0.39, 0.29) is 18.2 Å². The lowest BCUT2D eigenvalue weighted by Crippen LogP contribution is -2.54. The summed E-state index contributed by atoms with van der Waals surface area (Å²) in [5, 5.41) is 15.6. The number of nitrogens with two attached hydrogens (primary N) is 1. The van der Waals surface area contributed by atoms with Crippen molar-refractivity contribution in [2.75, 3.05) is 18.8 Å². The lowest BCUT2D eigenvalue weighted by Gasteiger charge is -2.23.